The van der Waals surface area contributed by atoms with Crippen LogP contribution in [0.15, 0.2) is 29.2 Å². The summed E-state index contributed by atoms with van der Waals surface area (Å²) in [5.74, 6) is 0.986. The molecule has 1 saturated heterocycles. The first-order valence-corrected chi connectivity index (χ1v) is 9.02. The lowest BCUT2D eigenvalue weighted by molar-refractivity contribution is -0.157. The molecule has 5 heteroatoms. The van der Waals surface area contributed by atoms with Gasteiger partial charge in [-0.05, 0) is 37.1 Å². The van der Waals surface area contributed by atoms with Crippen LogP contribution in [0, 0.1) is 0 Å². The van der Waals surface area contributed by atoms with Crippen molar-refractivity contribution in [2.75, 3.05) is 19.0 Å². The van der Waals surface area contributed by atoms with Crippen LogP contribution in [0.3, 0.4) is 0 Å². The number of hydrogen-bond donors (Lipinski definition) is 1. The number of nitrogens with one attached hydrogen (secondary N) is 1. The number of thioether (sulfide) groups is 1. The highest BCUT2D eigenvalue weighted by Gasteiger charge is 2.34. The van der Waals surface area contributed by atoms with E-state index < -0.39 is 0 Å². The predicted octanol–water partition coefficient (Wildman–Crippen LogP) is 2.86. The Hall–Kier alpha value is -1.04. The van der Waals surface area contributed by atoms with Crippen LogP contribution in [0.4, 0.5) is 0 Å². The molecule has 1 aliphatic carbocycles. The van der Waals surface area contributed by atoms with Gasteiger partial charge in [-0.3, -0.25) is 4.79 Å². The topological polar surface area (TPSA) is 47.6 Å². The van der Waals surface area contributed by atoms with E-state index in [-0.39, 0.29) is 24.2 Å². The fourth-order valence-corrected chi connectivity index (χ4v) is 4.00. The maximum Gasteiger partial charge on any atom is 0.252 e. The number of amides is 1. The van der Waals surface area contributed by atoms with E-state index in [1.54, 1.807) is 11.8 Å². The Morgan fingerprint density at radius 1 is 1.23 bits per heavy atom. The largest absolute Gasteiger partial charge is 0.373 e. The van der Waals surface area contributed by atoms with E-state index >= 15 is 0 Å². The molecular weight excluding hydrogens is 298 g/mol. The van der Waals surface area contributed by atoms with Gasteiger partial charge < -0.3 is 14.8 Å². The SMILES string of the molecule is CCSc1ccccc1C(=O)N[C@@H]1CC[C@@H]2OCCO[C@@H]2C1. The van der Waals surface area contributed by atoms with E-state index in [1.807, 2.05) is 24.3 Å². The number of carbonyl (C=O) groups is 1. The standard InChI is InChI=1S/C17H23NO3S/c1-2-22-16-6-4-3-5-13(16)17(19)18-12-7-8-14-15(11-12)21-10-9-20-14/h3-6,12,14-15H,2,7-11H2,1H3,(H,18,19)/t12-,14+,15-/m1/s1. The van der Waals surface area contributed by atoms with Crippen LogP contribution in [0.25, 0.3) is 0 Å². The molecule has 0 unspecified atom stereocenters. The van der Waals surface area contributed by atoms with Crippen molar-refractivity contribution in [3.63, 3.8) is 0 Å². The lowest BCUT2D eigenvalue weighted by atomic mass is 9.89. The van der Waals surface area contributed by atoms with Crippen LogP contribution in [0.5, 0.6) is 0 Å². The molecular formula is C17H23NO3S. The minimum Gasteiger partial charge on any atom is -0.373 e. The molecule has 1 amide bonds. The normalized spacial score (nSPS) is 28.0. The van der Waals surface area contributed by atoms with Gasteiger partial charge >= 0.3 is 0 Å². The molecule has 1 aliphatic heterocycles. The summed E-state index contributed by atoms with van der Waals surface area (Å²) < 4.78 is 11.5. The zero-order valence-corrected chi connectivity index (χ0v) is 13.7. The van der Waals surface area contributed by atoms with Crippen LogP contribution >= 0.6 is 11.8 Å². The second-order valence-electron chi connectivity index (χ2n) is 5.73. The molecule has 0 spiro atoms. The summed E-state index contributed by atoms with van der Waals surface area (Å²) in [5, 5.41) is 3.18. The van der Waals surface area contributed by atoms with Gasteiger partial charge in [-0.15, -0.1) is 11.8 Å². The highest BCUT2D eigenvalue weighted by Crippen LogP contribution is 2.28. The average Bonchev–Trinajstić information content (AvgIpc) is 2.55. The van der Waals surface area contributed by atoms with Gasteiger partial charge in [-0.1, -0.05) is 19.1 Å². The molecule has 1 saturated carbocycles. The van der Waals surface area contributed by atoms with Crippen molar-refractivity contribution >= 4 is 17.7 Å². The van der Waals surface area contributed by atoms with Crippen LogP contribution in [0.2, 0.25) is 0 Å². The Morgan fingerprint density at radius 2 is 2.00 bits per heavy atom. The Bertz CT molecular complexity index is 522. The average molecular weight is 321 g/mol. The third-order valence-corrected chi connectivity index (χ3v) is 5.20. The van der Waals surface area contributed by atoms with Gasteiger partial charge in [0.25, 0.3) is 5.91 Å². The van der Waals surface area contributed by atoms with Crippen molar-refractivity contribution in [1.82, 2.24) is 5.32 Å². The van der Waals surface area contributed by atoms with Crippen molar-refractivity contribution in [1.29, 1.82) is 0 Å². The summed E-state index contributed by atoms with van der Waals surface area (Å²) in [7, 11) is 0. The lowest BCUT2D eigenvalue weighted by Gasteiger charge is -2.39. The van der Waals surface area contributed by atoms with Crippen molar-refractivity contribution in [2.45, 2.75) is 49.3 Å². The molecule has 1 aromatic rings. The minimum absolute atomic E-state index is 0.0247. The number of carbonyl (C=O) groups excluding carboxylic acids is 1. The fraction of sp³-hybridized carbons (Fsp3) is 0.588. The maximum absolute atomic E-state index is 12.6. The van der Waals surface area contributed by atoms with Crippen molar-refractivity contribution in [2.24, 2.45) is 0 Å². The zero-order chi connectivity index (χ0) is 15.4. The summed E-state index contributed by atoms with van der Waals surface area (Å²) >= 11 is 1.70. The molecule has 4 nitrogen and oxygen atoms in total. The van der Waals surface area contributed by atoms with E-state index in [4.69, 9.17) is 9.47 Å². The maximum atomic E-state index is 12.6. The Balaban J connectivity index is 1.62. The molecule has 1 N–H and O–H groups in total. The van der Waals surface area contributed by atoms with Crippen LogP contribution in [-0.4, -0.2) is 43.1 Å². The summed E-state index contributed by atoms with van der Waals surface area (Å²) in [6.07, 6.45) is 3.11. The van der Waals surface area contributed by atoms with Gasteiger partial charge in [0, 0.05) is 10.9 Å². The second kappa shape index (κ2) is 7.49. The van der Waals surface area contributed by atoms with Crippen LogP contribution < -0.4 is 5.32 Å². The van der Waals surface area contributed by atoms with Crippen LogP contribution in [-0.2, 0) is 9.47 Å². The quantitative estimate of drug-likeness (QED) is 0.866. The Morgan fingerprint density at radius 3 is 2.82 bits per heavy atom. The monoisotopic (exact) mass is 321 g/mol. The Kier molecular flexibility index (Phi) is 5.39. The minimum atomic E-state index is 0.0247. The smallest absolute Gasteiger partial charge is 0.252 e. The van der Waals surface area contributed by atoms with Gasteiger partial charge in [0.15, 0.2) is 0 Å². The van der Waals surface area contributed by atoms with Gasteiger partial charge in [0.05, 0.1) is 31.0 Å². The number of rotatable bonds is 4. The van der Waals surface area contributed by atoms with E-state index in [9.17, 15) is 4.79 Å². The highest BCUT2D eigenvalue weighted by molar-refractivity contribution is 7.99. The first-order valence-electron chi connectivity index (χ1n) is 8.04. The Labute approximate surface area is 135 Å². The fourth-order valence-electron chi connectivity index (χ4n) is 3.20. The van der Waals surface area contributed by atoms with Gasteiger partial charge in [-0.2, -0.15) is 0 Å². The third-order valence-electron chi connectivity index (χ3n) is 4.25. The van der Waals surface area contributed by atoms with E-state index in [0.29, 0.717) is 13.2 Å². The molecule has 3 rings (SSSR count). The number of fused-ring (bicyclic) bond motifs is 1. The molecule has 0 aromatic heterocycles. The van der Waals surface area contributed by atoms with E-state index in [1.165, 1.54) is 0 Å². The van der Waals surface area contributed by atoms with Crippen molar-refractivity contribution < 1.29 is 14.3 Å². The van der Waals surface area contributed by atoms with E-state index in [0.717, 1.165) is 35.5 Å². The van der Waals surface area contributed by atoms with Crippen molar-refractivity contribution in [3.05, 3.63) is 29.8 Å². The predicted molar refractivity (Wildman–Crippen MR) is 87.4 cm³/mol. The van der Waals surface area contributed by atoms with Gasteiger partial charge in [-0.25, -0.2) is 0 Å². The molecule has 1 aromatic carbocycles. The number of ether oxygens (including phenoxy) is 2. The van der Waals surface area contributed by atoms with Gasteiger partial charge in [0.1, 0.15) is 0 Å². The molecule has 0 bridgehead atoms. The summed E-state index contributed by atoms with van der Waals surface area (Å²) in [4.78, 5) is 13.6. The highest BCUT2D eigenvalue weighted by atomic mass is 32.2. The molecule has 3 atom stereocenters. The number of hydrogen-bond acceptors (Lipinski definition) is 4. The zero-order valence-electron chi connectivity index (χ0n) is 12.9. The summed E-state index contributed by atoms with van der Waals surface area (Å²) in [6.45, 7) is 3.46. The van der Waals surface area contributed by atoms with Crippen molar-refractivity contribution in [3.8, 4) is 0 Å². The molecule has 2 fully saturated rings. The molecule has 22 heavy (non-hydrogen) atoms. The third kappa shape index (κ3) is 3.65. The van der Waals surface area contributed by atoms with Gasteiger partial charge in [0.2, 0.25) is 0 Å². The first kappa shape index (κ1) is 15.8. The first-order chi connectivity index (χ1) is 10.8. The lowest BCUT2D eigenvalue weighted by Crippen LogP contribution is -2.49. The molecule has 0 radical (unpaired) electrons. The van der Waals surface area contributed by atoms with Crippen LogP contribution in [0.1, 0.15) is 36.5 Å². The summed E-state index contributed by atoms with van der Waals surface area (Å²) in [6, 6.07) is 7.99. The molecule has 1 heterocycles. The second-order valence-corrected chi connectivity index (χ2v) is 7.04. The summed E-state index contributed by atoms with van der Waals surface area (Å²) in [5.41, 5.74) is 0.775. The van der Waals surface area contributed by atoms with E-state index in [2.05, 4.69) is 12.2 Å². The number of benzene rings is 1. The molecule has 2 aliphatic rings. The molecule has 120 valence electrons.